The first kappa shape index (κ1) is 26.5. The number of benzene rings is 2. The summed E-state index contributed by atoms with van der Waals surface area (Å²) in [5.41, 5.74) is 2.70. The number of nitrogens with one attached hydrogen (secondary N) is 1. The highest BCUT2D eigenvalue weighted by Crippen LogP contribution is 2.34. The van der Waals surface area contributed by atoms with Crippen molar-refractivity contribution in [1.29, 1.82) is 0 Å². The molecule has 0 aliphatic heterocycles. The third-order valence-corrected chi connectivity index (χ3v) is 6.48. The molecule has 34 heavy (non-hydrogen) atoms. The van der Waals surface area contributed by atoms with Gasteiger partial charge in [0.2, 0.25) is 0 Å². The van der Waals surface area contributed by atoms with Gasteiger partial charge >= 0.3 is 0 Å². The van der Waals surface area contributed by atoms with Gasteiger partial charge in [-0.15, -0.1) is 0 Å². The predicted octanol–water partition coefficient (Wildman–Crippen LogP) is 8.20. The van der Waals surface area contributed by atoms with E-state index in [1.54, 1.807) is 0 Å². The number of hydrogen-bond acceptors (Lipinski definition) is 4. The van der Waals surface area contributed by atoms with Crippen molar-refractivity contribution >= 4 is 52.8 Å². The molecule has 3 aromatic rings. The zero-order valence-corrected chi connectivity index (χ0v) is 22.1. The minimum atomic E-state index is 0.223. The van der Waals surface area contributed by atoms with Crippen molar-refractivity contribution in [2.75, 3.05) is 25.0 Å². The van der Waals surface area contributed by atoms with Crippen LogP contribution in [0.4, 0.5) is 5.82 Å². The van der Waals surface area contributed by atoms with Crippen LogP contribution in [0.15, 0.2) is 48.5 Å². The predicted molar refractivity (Wildman–Crippen MR) is 148 cm³/mol. The second-order valence-electron chi connectivity index (χ2n) is 8.20. The van der Waals surface area contributed by atoms with Crippen molar-refractivity contribution in [3.05, 3.63) is 75.1 Å². The summed E-state index contributed by atoms with van der Waals surface area (Å²) in [6, 6.07) is 15.4. The van der Waals surface area contributed by atoms with Crippen LogP contribution in [0.25, 0.3) is 23.3 Å². The fourth-order valence-corrected chi connectivity index (χ4v) is 4.25. The Hall–Kier alpha value is -2.11. The summed E-state index contributed by atoms with van der Waals surface area (Å²) in [5.74, 6) is 1.25. The molecule has 0 amide bonds. The van der Waals surface area contributed by atoms with Gasteiger partial charge in [0, 0.05) is 16.1 Å². The van der Waals surface area contributed by atoms with Gasteiger partial charge in [-0.05, 0) is 80.9 Å². The van der Waals surface area contributed by atoms with Crippen LogP contribution in [-0.4, -0.2) is 40.5 Å². The minimum absolute atomic E-state index is 0.223. The van der Waals surface area contributed by atoms with Crippen molar-refractivity contribution in [3.63, 3.8) is 0 Å². The smallest absolute Gasteiger partial charge is 0.156 e. The molecule has 0 aliphatic rings. The van der Waals surface area contributed by atoms with Crippen LogP contribution in [0, 0.1) is 0 Å². The summed E-state index contributed by atoms with van der Waals surface area (Å²) >= 11 is 18.8. The van der Waals surface area contributed by atoms with Crippen LogP contribution in [-0.2, 0) is 0 Å². The van der Waals surface area contributed by atoms with Gasteiger partial charge in [-0.2, -0.15) is 0 Å². The lowest BCUT2D eigenvalue weighted by atomic mass is 10.1. The standard InChI is InChI=1S/C27H31Cl3N4/c1-4-34(5-2)18-6-7-19(3)31-27-25(21-11-15-23(29)16-12-21)26(30)32-24(33-27)17-10-20-8-13-22(28)14-9-20/h8-17,19H,4-7,18H2,1-3H3,(H,31,32,33)/b17-10+. The maximum atomic E-state index is 6.70. The maximum Gasteiger partial charge on any atom is 0.156 e. The van der Waals surface area contributed by atoms with Gasteiger partial charge in [-0.25, -0.2) is 9.97 Å². The van der Waals surface area contributed by atoms with E-state index in [0.29, 0.717) is 26.8 Å². The zero-order chi connectivity index (χ0) is 24.5. The number of halogens is 3. The molecule has 3 rings (SSSR count). The van der Waals surface area contributed by atoms with Crippen molar-refractivity contribution in [2.45, 2.75) is 39.7 Å². The first-order valence-corrected chi connectivity index (χ1v) is 12.8. The average molecular weight is 518 g/mol. The molecule has 0 bridgehead atoms. The topological polar surface area (TPSA) is 41.0 Å². The number of nitrogens with zero attached hydrogens (tertiary/aromatic N) is 3. The van der Waals surface area contributed by atoms with E-state index >= 15 is 0 Å². The summed E-state index contributed by atoms with van der Waals surface area (Å²) in [7, 11) is 0. The summed E-state index contributed by atoms with van der Waals surface area (Å²) in [4.78, 5) is 11.8. The third kappa shape index (κ3) is 7.71. The quantitative estimate of drug-likeness (QED) is 0.260. The Balaban J connectivity index is 1.86. The fourth-order valence-electron chi connectivity index (χ4n) is 3.71. The molecule has 7 heteroatoms. The molecule has 2 aromatic carbocycles. The molecule has 0 fully saturated rings. The summed E-state index contributed by atoms with van der Waals surface area (Å²) in [5, 5.41) is 5.34. The van der Waals surface area contributed by atoms with Gasteiger partial charge in [-0.3, -0.25) is 0 Å². The first-order valence-electron chi connectivity index (χ1n) is 11.7. The molecule has 180 valence electrons. The zero-order valence-electron chi connectivity index (χ0n) is 19.9. The highest BCUT2D eigenvalue weighted by molar-refractivity contribution is 6.33. The molecule has 1 aromatic heterocycles. The Morgan fingerprint density at radius 3 is 2.12 bits per heavy atom. The van der Waals surface area contributed by atoms with E-state index in [2.05, 4.69) is 36.0 Å². The minimum Gasteiger partial charge on any atom is -0.367 e. The first-order chi connectivity index (χ1) is 16.4. The number of aromatic nitrogens is 2. The Bertz CT molecular complexity index is 1080. The summed E-state index contributed by atoms with van der Waals surface area (Å²) < 4.78 is 0. The van der Waals surface area contributed by atoms with E-state index in [1.807, 2.05) is 60.7 Å². The largest absolute Gasteiger partial charge is 0.367 e. The Labute approximate surface area is 218 Å². The highest BCUT2D eigenvalue weighted by Gasteiger charge is 2.16. The van der Waals surface area contributed by atoms with Crippen molar-refractivity contribution in [3.8, 4) is 11.1 Å². The normalized spacial score (nSPS) is 12.4. The SMILES string of the molecule is CCN(CC)CCCC(C)Nc1nc(/C=C/c2ccc(Cl)cc2)nc(Cl)c1-c1ccc(Cl)cc1. The second kappa shape index (κ2) is 13.1. The fraction of sp³-hybridized carbons (Fsp3) is 0.333. The van der Waals surface area contributed by atoms with E-state index in [4.69, 9.17) is 39.8 Å². The molecule has 1 N–H and O–H groups in total. The van der Waals surface area contributed by atoms with Crippen LogP contribution < -0.4 is 5.32 Å². The Morgan fingerprint density at radius 2 is 1.50 bits per heavy atom. The van der Waals surface area contributed by atoms with E-state index in [-0.39, 0.29) is 6.04 Å². The molecule has 0 spiro atoms. The summed E-state index contributed by atoms with van der Waals surface area (Å²) in [6.45, 7) is 9.81. The molecule has 0 saturated carbocycles. The molecule has 0 radical (unpaired) electrons. The van der Waals surface area contributed by atoms with Gasteiger partial charge in [0.1, 0.15) is 11.0 Å². The molecular formula is C27H31Cl3N4. The van der Waals surface area contributed by atoms with Gasteiger partial charge in [0.15, 0.2) is 5.82 Å². The molecule has 0 saturated heterocycles. The van der Waals surface area contributed by atoms with E-state index in [1.165, 1.54) is 0 Å². The highest BCUT2D eigenvalue weighted by atomic mass is 35.5. The molecule has 4 nitrogen and oxygen atoms in total. The third-order valence-electron chi connectivity index (χ3n) is 5.70. The van der Waals surface area contributed by atoms with Crippen LogP contribution in [0.1, 0.15) is 45.0 Å². The average Bonchev–Trinajstić information content (AvgIpc) is 2.82. The van der Waals surface area contributed by atoms with Crippen molar-refractivity contribution in [2.24, 2.45) is 0 Å². The number of rotatable bonds is 11. The lowest BCUT2D eigenvalue weighted by molar-refractivity contribution is 0.295. The van der Waals surface area contributed by atoms with Crippen molar-refractivity contribution < 1.29 is 0 Å². The molecule has 1 atom stereocenters. The van der Waals surface area contributed by atoms with Crippen LogP contribution >= 0.6 is 34.8 Å². The lowest BCUT2D eigenvalue weighted by Gasteiger charge is -2.21. The van der Waals surface area contributed by atoms with Gasteiger partial charge in [0.05, 0.1) is 5.56 Å². The van der Waals surface area contributed by atoms with Crippen LogP contribution in [0.2, 0.25) is 15.2 Å². The second-order valence-corrected chi connectivity index (χ2v) is 9.43. The number of hydrogen-bond donors (Lipinski definition) is 1. The van der Waals surface area contributed by atoms with Crippen LogP contribution in [0.5, 0.6) is 0 Å². The summed E-state index contributed by atoms with van der Waals surface area (Å²) in [6.07, 6.45) is 5.93. The molecular weight excluding hydrogens is 487 g/mol. The van der Waals surface area contributed by atoms with Gasteiger partial charge < -0.3 is 10.2 Å². The Kier molecular flexibility index (Phi) is 10.2. The van der Waals surface area contributed by atoms with E-state index in [0.717, 1.165) is 49.2 Å². The van der Waals surface area contributed by atoms with Gasteiger partial charge in [-0.1, -0.05) is 79.0 Å². The lowest BCUT2D eigenvalue weighted by Crippen LogP contribution is -2.26. The van der Waals surface area contributed by atoms with Crippen molar-refractivity contribution in [1.82, 2.24) is 14.9 Å². The number of anilines is 1. The molecule has 1 unspecified atom stereocenters. The molecule has 0 aliphatic carbocycles. The maximum absolute atomic E-state index is 6.70. The van der Waals surface area contributed by atoms with E-state index in [9.17, 15) is 0 Å². The molecule has 1 heterocycles. The Morgan fingerprint density at radius 1 is 0.882 bits per heavy atom. The van der Waals surface area contributed by atoms with E-state index < -0.39 is 0 Å². The monoisotopic (exact) mass is 516 g/mol. The van der Waals surface area contributed by atoms with Crippen LogP contribution in [0.3, 0.4) is 0 Å². The van der Waals surface area contributed by atoms with Gasteiger partial charge in [0.25, 0.3) is 0 Å².